The molecular formula is C30H27N3O3. The highest BCUT2D eigenvalue weighted by Crippen LogP contribution is 2.40. The molecule has 180 valence electrons. The van der Waals surface area contributed by atoms with E-state index in [4.69, 9.17) is 5.73 Å². The number of aromatic nitrogens is 1. The van der Waals surface area contributed by atoms with E-state index in [9.17, 15) is 14.7 Å². The number of primary amides is 1. The van der Waals surface area contributed by atoms with Gasteiger partial charge in [-0.15, -0.1) is 0 Å². The van der Waals surface area contributed by atoms with E-state index in [1.807, 2.05) is 67.6 Å². The van der Waals surface area contributed by atoms with E-state index < -0.39 is 11.5 Å². The number of carbonyl (C=O) groups is 2. The summed E-state index contributed by atoms with van der Waals surface area (Å²) in [4.78, 5) is 28.4. The molecule has 5 aromatic rings. The van der Waals surface area contributed by atoms with Gasteiger partial charge in [0.05, 0.1) is 16.7 Å². The van der Waals surface area contributed by atoms with Crippen LogP contribution in [-0.2, 0) is 5.60 Å². The van der Waals surface area contributed by atoms with Crippen LogP contribution in [0.25, 0.3) is 32.9 Å². The molecule has 0 aliphatic heterocycles. The molecule has 0 saturated carbocycles. The van der Waals surface area contributed by atoms with Crippen LogP contribution in [-0.4, -0.2) is 21.9 Å². The molecule has 6 heteroatoms. The summed E-state index contributed by atoms with van der Waals surface area (Å²) in [6, 6.07) is 24.2. The highest BCUT2D eigenvalue weighted by Gasteiger charge is 2.21. The van der Waals surface area contributed by atoms with Crippen molar-refractivity contribution in [3.8, 4) is 11.1 Å². The number of fused-ring (bicyclic) bond motifs is 3. The smallest absolute Gasteiger partial charge is 0.255 e. The third kappa shape index (κ3) is 4.01. The molecule has 36 heavy (non-hydrogen) atoms. The molecule has 0 radical (unpaired) electrons. The van der Waals surface area contributed by atoms with Crippen molar-refractivity contribution in [2.45, 2.75) is 26.4 Å². The second-order valence-corrected chi connectivity index (χ2v) is 9.52. The van der Waals surface area contributed by atoms with Crippen LogP contribution in [0.5, 0.6) is 0 Å². The first-order valence-corrected chi connectivity index (χ1v) is 11.7. The van der Waals surface area contributed by atoms with Crippen molar-refractivity contribution in [3.63, 3.8) is 0 Å². The minimum Gasteiger partial charge on any atom is -0.386 e. The summed E-state index contributed by atoms with van der Waals surface area (Å²) in [6.45, 7) is 5.43. The van der Waals surface area contributed by atoms with Gasteiger partial charge >= 0.3 is 0 Å². The van der Waals surface area contributed by atoms with Gasteiger partial charge in [0.1, 0.15) is 0 Å². The van der Waals surface area contributed by atoms with Crippen molar-refractivity contribution in [1.82, 2.24) is 4.98 Å². The maximum atomic E-state index is 12.8. The lowest BCUT2D eigenvalue weighted by Crippen LogP contribution is -2.14. The van der Waals surface area contributed by atoms with Gasteiger partial charge in [-0.3, -0.25) is 9.59 Å². The molecule has 2 amide bonds. The molecule has 0 aliphatic carbocycles. The predicted octanol–water partition coefficient (Wildman–Crippen LogP) is 5.88. The SMILES string of the molecule is Cc1c(NC(=O)c2ccccc2)cccc1-c1ccc(C(N)=O)c2[nH]c3cc(C(C)(C)O)ccc3c12. The number of anilines is 1. The van der Waals surface area contributed by atoms with E-state index in [1.54, 1.807) is 32.0 Å². The monoisotopic (exact) mass is 477 g/mol. The number of H-pyrrole nitrogens is 1. The maximum Gasteiger partial charge on any atom is 0.255 e. The van der Waals surface area contributed by atoms with Crippen LogP contribution in [0.2, 0.25) is 0 Å². The lowest BCUT2D eigenvalue weighted by molar-refractivity contribution is 0.0787. The minimum absolute atomic E-state index is 0.184. The molecule has 0 spiro atoms. The van der Waals surface area contributed by atoms with Crippen LogP contribution in [0.15, 0.2) is 78.9 Å². The molecule has 1 aromatic heterocycles. The first-order valence-electron chi connectivity index (χ1n) is 11.7. The zero-order valence-electron chi connectivity index (χ0n) is 20.3. The van der Waals surface area contributed by atoms with Gasteiger partial charge in [0, 0.05) is 27.5 Å². The molecule has 0 fully saturated rings. The molecule has 0 unspecified atom stereocenters. The van der Waals surface area contributed by atoms with E-state index in [1.165, 1.54) is 0 Å². The maximum absolute atomic E-state index is 12.8. The zero-order chi connectivity index (χ0) is 25.6. The van der Waals surface area contributed by atoms with E-state index >= 15 is 0 Å². The molecule has 0 saturated heterocycles. The van der Waals surface area contributed by atoms with E-state index in [0.29, 0.717) is 22.3 Å². The van der Waals surface area contributed by atoms with E-state index in [-0.39, 0.29) is 5.91 Å². The van der Waals surface area contributed by atoms with Gasteiger partial charge in [-0.25, -0.2) is 0 Å². The fourth-order valence-electron chi connectivity index (χ4n) is 4.67. The first kappa shape index (κ1) is 23.3. The number of aliphatic hydroxyl groups is 1. The highest BCUT2D eigenvalue weighted by atomic mass is 16.3. The number of hydrogen-bond acceptors (Lipinski definition) is 3. The second kappa shape index (κ2) is 8.66. The Morgan fingerprint density at radius 2 is 1.67 bits per heavy atom. The van der Waals surface area contributed by atoms with Crippen LogP contribution in [0.1, 0.15) is 45.7 Å². The van der Waals surface area contributed by atoms with Crippen LogP contribution in [0.4, 0.5) is 5.69 Å². The number of hydrogen-bond donors (Lipinski definition) is 4. The first-order chi connectivity index (χ1) is 17.1. The number of nitrogens with two attached hydrogens (primary N) is 1. The molecule has 5 rings (SSSR count). The summed E-state index contributed by atoms with van der Waals surface area (Å²) < 4.78 is 0. The van der Waals surface area contributed by atoms with E-state index in [2.05, 4.69) is 10.3 Å². The normalized spacial score (nSPS) is 11.7. The average molecular weight is 478 g/mol. The lowest BCUT2D eigenvalue weighted by atomic mass is 9.92. The molecule has 5 N–H and O–H groups in total. The van der Waals surface area contributed by atoms with Gasteiger partial charge in [-0.2, -0.15) is 0 Å². The number of aromatic amines is 1. The van der Waals surface area contributed by atoms with E-state index in [0.717, 1.165) is 38.5 Å². The van der Waals surface area contributed by atoms with Crippen molar-refractivity contribution in [2.24, 2.45) is 5.73 Å². The minimum atomic E-state index is -1.01. The number of amides is 2. The third-order valence-corrected chi connectivity index (χ3v) is 6.63. The Labute approximate surface area is 208 Å². The summed E-state index contributed by atoms with van der Waals surface area (Å²) in [5.74, 6) is -0.710. The summed E-state index contributed by atoms with van der Waals surface area (Å²) in [5, 5.41) is 15.3. The predicted molar refractivity (Wildman–Crippen MR) is 144 cm³/mol. The molecule has 0 aliphatic rings. The molecule has 6 nitrogen and oxygen atoms in total. The summed E-state index contributed by atoms with van der Waals surface area (Å²) >= 11 is 0. The largest absolute Gasteiger partial charge is 0.386 e. The van der Waals surface area contributed by atoms with Crippen molar-refractivity contribution < 1.29 is 14.7 Å². The Bertz CT molecular complexity index is 1640. The van der Waals surface area contributed by atoms with Gasteiger partial charge in [0.15, 0.2) is 0 Å². The number of benzene rings is 4. The number of nitrogens with one attached hydrogen (secondary N) is 2. The fraction of sp³-hybridized carbons (Fsp3) is 0.133. The Hall–Kier alpha value is -4.42. The molecular weight excluding hydrogens is 450 g/mol. The second-order valence-electron chi connectivity index (χ2n) is 9.52. The van der Waals surface area contributed by atoms with Crippen LogP contribution in [0, 0.1) is 6.92 Å². The molecule has 0 atom stereocenters. The van der Waals surface area contributed by atoms with Crippen molar-refractivity contribution >= 4 is 39.3 Å². The van der Waals surface area contributed by atoms with Crippen LogP contribution < -0.4 is 11.1 Å². The van der Waals surface area contributed by atoms with Crippen molar-refractivity contribution in [2.75, 3.05) is 5.32 Å². The lowest BCUT2D eigenvalue weighted by Gasteiger charge is -2.17. The van der Waals surface area contributed by atoms with Crippen molar-refractivity contribution in [3.05, 3.63) is 101 Å². The topological polar surface area (TPSA) is 108 Å². The van der Waals surface area contributed by atoms with Gasteiger partial charge in [-0.05, 0) is 73.4 Å². The number of carbonyl (C=O) groups excluding carboxylic acids is 2. The molecule has 4 aromatic carbocycles. The number of rotatable bonds is 5. The molecule has 1 heterocycles. The van der Waals surface area contributed by atoms with Crippen molar-refractivity contribution in [1.29, 1.82) is 0 Å². The standard InChI is InChI=1S/C30H27N3O3/c1-17-20(10-7-11-24(17)33-29(35)18-8-5-4-6-9-18)21-14-15-23(28(31)34)27-26(21)22-13-12-19(30(2,3)36)16-25(22)32-27/h4-16,32,36H,1-3H3,(H2,31,34)(H,33,35). The van der Waals surface area contributed by atoms with Gasteiger partial charge in [0.2, 0.25) is 0 Å². The molecule has 0 bridgehead atoms. The Balaban J connectivity index is 1.70. The summed E-state index contributed by atoms with van der Waals surface area (Å²) in [5.41, 5.74) is 11.3. The third-order valence-electron chi connectivity index (χ3n) is 6.63. The van der Waals surface area contributed by atoms with Gasteiger partial charge in [0.25, 0.3) is 11.8 Å². The average Bonchev–Trinajstić information content (AvgIpc) is 3.23. The summed E-state index contributed by atoms with van der Waals surface area (Å²) in [6.07, 6.45) is 0. The van der Waals surface area contributed by atoms with Gasteiger partial charge < -0.3 is 21.1 Å². The highest BCUT2D eigenvalue weighted by molar-refractivity contribution is 6.20. The Morgan fingerprint density at radius 3 is 2.36 bits per heavy atom. The van der Waals surface area contributed by atoms with Crippen LogP contribution in [0.3, 0.4) is 0 Å². The Morgan fingerprint density at radius 1 is 0.917 bits per heavy atom. The quantitative estimate of drug-likeness (QED) is 0.254. The van der Waals surface area contributed by atoms with Gasteiger partial charge in [-0.1, -0.05) is 48.5 Å². The zero-order valence-corrected chi connectivity index (χ0v) is 20.3. The Kier molecular flexibility index (Phi) is 5.61. The fourth-order valence-corrected chi connectivity index (χ4v) is 4.67. The van der Waals surface area contributed by atoms with Crippen LogP contribution >= 0.6 is 0 Å². The summed E-state index contributed by atoms with van der Waals surface area (Å²) in [7, 11) is 0.